The zero-order chi connectivity index (χ0) is 14.6. The van der Waals surface area contributed by atoms with E-state index in [2.05, 4.69) is 0 Å². The van der Waals surface area contributed by atoms with E-state index in [4.69, 9.17) is 15.4 Å². The van der Waals surface area contributed by atoms with Crippen LogP contribution in [0.25, 0.3) is 0 Å². The predicted molar refractivity (Wildman–Crippen MR) is 75.0 cm³/mol. The van der Waals surface area contributed by atoms with E-state index in [-0.39, 0.29) is 11.5 Å². The first-order chi connectivity index (χ1) is 9.47. The second kappa shape index (κ2) is 6.07. The first-order valence-corrected chi connectivity index (χ1v) is 8.03. The highest BCUT2D eigenvalue weighted by molar-refractivity contribution is 8.13. The number of benzene rings is 2. The van der Waals surface area contributed by atoms with E-state index in [0.717, 1.165) is 0 Å². The van der Waals surface area contributed by atoms with Crippen LogP contribution in [0, 0.1) is 0 Å². The Kier molecular flexibility index (Phi) is 4.42. The van der Waals surface area contributed by atoms with Crippen molar-refractivity contribution in [2.75, 3.05) is 0 Å². The topological polar surface area (TPSA) is 60.4 Å². The second-order valence-electron chi connectivity index (χ2n) is 4.02. The first-order valence-electron chi connectivity index (χ1n) is 5.72. The van der Waals surface area contributed by atoms with Crippen molar-refractivity contribution in [2.24, 2.45) is 0 Å². The van der Waals surface area contributed by atoms with Crippen LogP contribution in [0.2, 0.25) is 0 Å². The summed E-state index contributed by atoms with van der Waals surface area (Å²) in [5, 5.41) is 0. The van der Waals surface area contributed by atoms with Gasteiger partial charge in [-0.3, -0.25) is 0 Å². The molecule has 0 amide bonds. The molecule has 2 aromatic carbocycles. The summed E-state index contributed by atoms with van der Waals surface area (Å²) >= 11 is 0. The number of carbonyl (C=O) groups excluding carboxylic acids is 1. The van der Waals surface area contributed by atoms with Crippen LogP contribution >= 0.6 is 10.7 Å². The minimum Gasteiger partial charge on any atom is -0.457 e. The number of ether oxygens (including phenoxy) is 1. The van der Waals surface area contributed by atoms with Crippen LogP contribution in [-0.2, 0) is 20.4 Å². The fourth-order valence-electron chi connectivity index (χ4n) is 1.55. The molecular formula is C14H11ClO4S. The highest BCUT2D eigenvalue weighted by atomic mass is 35.7. The van der Waals surface area contributed by atoms with Crippen LogP contribution in [0.5, 0.6) is 0 Å². The molecular weight excluding hydrogens is 300 g/mol. The second-order valence-corrected chi connectivity index (χ2v) is 6.59. The molecule has 0 saturated heterocycles. The molecule has 0 aliphatic heterocycles. The molecule has 0 aromatic heterocycles. The molecule has 2 rings (SSSR count). The molecule has 0 heterocycles. The van der Waals surface area contributed by atoms with Gasteiger partial charge in [0.25, 0.3) is 9.05 Å². The number of rotatable bonds is 4. The minimum atomic E-state index is -3.73. The van der Waals surface area contributed by atoms with Crippen LogP contribution in [0.15, 0.2) is 59.5 Å². The molecule has 0 aliphatic carbocycles. The smallest absolute Gasteiger partial charge is 0.338 e. The van der Waals surface area contributed by atoms with E-state index in [1.807, 2.05) is 6.07 Å². The third-order valence-corrected chi connectivity index (χ3v) is 3.95. The van der Waals surface area contributed by atoms with Gasteiger partial charge in [0.1, 0.15) is 6.61 Å². The lowest BCUT2D eigenvalue weighted by Crippen LogP contribution is -2.05. The number of hydrogen-bond acceptors (Lipinski definition) is 4. The zero-order valence-corrected chi connectivity index (χ0v) is 11.9. The molecule has 0 unspecified atom stereocenters. The maximum Gasteiger partial charge on any atom is 0.338 e. The van der Waals surface area contributed by atoms with Crippen LogP contribution in [-0.4, -0.2) is 14.4 Å². The van der Waals surface area contributed by atoms with Gasteiger partial charge in [0.15, 0.2) is 0 Å². The van der Waals surface area contributed by atoms with E-state index in [0.29, 0.717) is 11.1 Å². The molecule has 0 radical (unpaired) electrons. The van der Waals surface area contributed by atoms with Gasteiger partial charge in [-0.15, -0.1) is 0 Å². The van der Waals surface area contributed by atoms with Gasteiger partial charge in [-0.1, -0.05) is 30.3 Å². The monoisotopic (exact) mass is 310 g/mol. The summed E-state index contributed by atoms with van der Waals surface area (Å²) in [7, 11) is 1.48. The molecule has 0 N–H and O–H groups in total. The van der Waals surface area contributed by atoms with Crippen molar-refractivity contribution < 1.29 is 17.9 Å². The molecule has 104 valence electrons. The Morgan fingerprint density at radius 1 is 1.00 bits per heavy atom. The standard InChI is InChI=1S/C14H11ClO4S/c15-20(17,18)13-8-6-11(7-9-13)10-19-14(16)12-4-2-1-3-5-12/h1-9H,10H2. The van der Waals surface area contributed by atoms with Crippen molar-refractivity contribution in [2.45, 2.75) is 11.5 Å². The molecule has 4 nitrogen and oxygen atoms in total. The lowest BCUT2D eigenvalue weighted by Gasteiger charge is -2.05. The molecule has 20 heavy (non-hydrogen) atoms. The van der Waals surface area contributed by atoms with E-state index >= 15 is 0 Å². The summed E-state index contributed by atoms with van der Waals surface area (Å²) in [4.78, 5) is 11.7. The fourth-order valence-corrected chi connectivity index (χ4v) is 2.32. The molecule has 0 saturated carbocycles. The van der Waals surface area contributed by atoms with E-state index in [1.165, 1.54) is 12.1 Å². The van der Waals surface area contributed by atoms with Crippen LogP contribution in [0.1, 0.15) is 15.9 Å². The Bertz CT molecular complexity index is 694. The zero-order valence-electron chi connectivity index (χ0n) is 10.3. The number of esters is 1. The van der Waals surface area contributed by atoms with Gasteiger partial charge in [0.05, 0.1) is 10.5 Å². The maximum absolute atomic E-state index is 11.7. The Hall–Kier alpha value is -1.85. The van der Waals surface area contributed by atoms with Crippen molar-refractivity contribution in [1.82, 2.24) is 0 Å². The summed E-state index contributed by atoms with van der Waals surface area (Å²) in [6.45, 7) is 0.0658. The van der Waals surface area contributed by atoms with Gasteiger partial charge >= 0.3 is 5.97 Å². The average Bonchev–Trinajstić information content (AvgIpc) is 2.45. The van der Waals surface area contributed by atoms with E-state index in [9.17, 15) is 13.2 Å². The van der Waals surface area contributed by atoms with Gasteiger partial charge in [0.2, 0.25) is 0 Å². The molecule has 0 atom stereocenters. The molecule has 2 aromatic rings. The molecule has 6 heteroatoms. The third kappa shape index (κ3) is 3.82. The van der Waals surface area contributed by atoms with Crippen LogP contribution < -0.4 is 0 Å². The van der Waals surface area contributed by atoms with Gasteiger partial charge in [-0.05, 0) is 29.8 Å². The van der Waals surface area contributed by atoms with Gasteiger partial charge in [0, 0.05) is 10.7 Å². The summed E-state index contributed by atoms with van der Waals surface area (Å²) in [6.07, 6.45) is 0. The molecule has 0 bridgehead atoms. The Labute approximate surface area is 121 Å². The quantitative estimate of drug-likeness (QED) is 0.643. The van der Waals surface area contributed by atoms with Crippen LogP contribution in [0.3, 0.4) is 0 Å². The maximum atomic E-state index is 11.7. The summed E-state index contributed by atoms with van der Waals surface area (Å²) in [5.74, 6) is -0.431. The van der Waals surface area contributed by atoms with Gasteiger partial charge < -0.3 is 4.74 Å². The molecule has 0 spiro atoms. The first kappa shape index (κ1) is 14.6. The molecule has 0 aliphatic rings. The Balaban J connectivity index is 2.00. The number of hydrogen-bond donors (Lipinski definition) is 0. The van der Waals surface area contributed by atoms with Crippen molar-refractivity contribution in [3.05, 3.63) is 65.7 Å². The van der Waals surface area contributed by atoms with Crippen molar-refractivity contribution in [3.8, 4) is 0 Å². The van der Waals surface area contributed by atoms with Crippen molar-refractivity contribution >= 4 is 25.7 Å². The summed E-state index contributed by atoms with van der Waals surface area (Å²) in [5.41, 5.74) is 1.14. The average molecular weight is 311 g/mol. The highest BCUT2D eigenvalue weighted by Crippen LogP contribution is 2.16. The van der Waals surface area contributed by atoms with Crippen LogP contribution in [0.4, 0.5) is 0 Å². The lowest BCUT2D eigenvalue weighted by atomic mass is 10.2. The number of carbonyl (C=O) groups is 1. The largest absolute Gasteiger partial charge is 0.457 e. The SMILES string of the molecule is O=C(OCc1ccc(S(=O)(=O)Cl)cc1)c1ccccc1. The lowest BCUT2D eigenvalue weighted by molar-refractivity contribution is 0.0472. The van der Waals surface area contributed by atoms with Gasteiger partial charge in [-0.2, -0.15) is 0 Å². The third-order valence-electron chi connectivity index (χ3n) is 2.58. The summed E-state index contributed by atoms with van der Waals surface area (Å²) in [6, 6.07) is 14.5. The van der Waals surface area contributed by atoms with Crippen molar-refractivity contribution in [1.29, 1.82) is 0 Å². The molecule has 0 fully saturated rings. The number of halogens is 1. The van der Waals surface area contributed by atoms with E-state index < -0.39 is 15.0 Å². The highest BCUT2D eigenvalue weighted by Gasteiger charge is 2.10. The van der Waals surface area contributed by atoms with Crippen molar-refractivity contribution in [3.63, 3.8) is 0 Å². The fraction of sp³-hybridized carbons (Fsp3) is 0.0714. The normalized spacial score (nSPS) is 11.1. The van der Waals surface area contributed by atoms with E-state index in [1.54, 1.807) is 36.4 Å². The minimum absolute atomic E-state index is 0.0114. The Morgan fingerprint density at radius 2 is 1.60 bits per heavy atom. The Morgan fingerprint density at radius 3 is 2.15 bits per heavy atom. The summed E-state index contributed by atoms with van der Waals surface area (Å²) < 4.78 is 27.3. The predicted octanol–water partition coefficient (Wildman–Crippen LogP) is 2.97. The van der Waals surface area contributed by atoms with Gasteiger partial charge in [-0.25, -0.2) is 13.2 Å².